The van der Waals surface area contributed by atoms with Crippen LogP contribution in [-0.2, 0) is 16.0 Å². The zero-order valence-electron chi connectivity index (χ0n) is 12.9. The van der Waals surface area contributed by atoms with Crippen LogP contribution < -0.4 is 16.4 Å². The van der Waals surface area contributed by atoms with Crippen LogP contribution in [0.15, 0.2) is 18.2 Å². The van der Waals surface area contributed by atoms with Crippen molar-refractivity contribution in [2.24, 2.45) is 11.7 Å². The van der Waals surface area contributed by atoms with Crippen LogP contribution in [0.4, 0.5) is 0 Å². The highest BCUT2D eigenvalue weighted by molar-refractivity contribution is 6.30. The molecule has 0 saturated carbocycles. The van der Waals surface area contributed by atoms with Gasteiger partial charge in [0, 0.05) is 5.02 Å². The van der Waals surface area contributed by atoms with Crippen molar-refractivity contribution in [3.05, 3.63) is 34.3 Å². The zero-order chi connectivity index (χ0) is 16.3. The number of fused-ring (bicyclic) bond motifs is 1. The highest BCUT2D eigenvalue weighted by Crippen LogP contribution is 2.32. The van der Waals surface area contributed by atoms with Crippen molar-refractivity contribution in [1.82, 2.24) is 10.6 Å². The number of hydrogen-bond donors (Lipinski definition) is 3. The maximum atomic E-state index is 12.0. The summed E-state index contributed by atoms with van der Waals surface area (Å²) in [5.74, 6) is -0.477. The average Bonchev–Trinajstić information content (AvgIpc) is 2.85. The lowest BCUT2D eigenvalue weighted by Crippen LogP contribution is -2.47. The molecule has 1 aliphatic rings. The Morgan fingerprint density at radius 2 is 2.14 bits per heavy atom. The number of nitrogens with two attached hydrogens (primary N) is 1. The number of benzene rings is 1. The van der Waals surface area contributed by atoms with Gasteiger partial charge in [-0.3, -0.25) is 9.59 Å². The standard InChI is InChI=1S/C16H22ClN3O2/c1-9(2)15(18)16(22)19-8-14(21)20-13-6-3-10-7-11(17)4-5-12(10)13/h4-5,7,9,13,15H,3,6,8,18H2,1-2H3,(H,19,22)(H,20,21)/t13?,15-/m0/s1. The number of hydrogen-bond acceptors (Lipinski definition) is 3. The van der Waals surface area contributed by atoms with E-state index in [9.17, 15) is 9.59 Å². The maximum absolute atomic E-state index is 12.0. The van der Waals surface area contributed by atoms with Gasteiger partial charge in [0.2, 0.25) is 11.8 Å². The molecule has 2 amide bonds. The molecular weight excluding hydrogens is 302 g/mol. The topological polar surface area (TPSA) is 84.2 Å². The Hall–Kier alpha value is -1.59. The molecule has 6 heteroatoms. The lowest BCUT2D eigenvalue weighted by molar-refractivity contribution is -0.127. The molecule has 0 aromatic heterocycles. The van der Waals surface area contributed by atoms with Crippen molar-refractivity contribution in [3.63, 3.8) is 0 Å². The summed E-state index contributed by atoms with van der Waals surface area (Å²) >= 11 is 5.97. The van der Waals surface area contributed by atoms with Crippen LogP contribution in [-0.4, -0.2) is 24.4 Å². The third-order valence-electron chi connectivity index (χ3n) is 3.96. The number of carbonyl (C=O) groups is 2. The minimum atomic E-state index is -0.595. The van der Waals surface area contributed by atoms with Gasteiger partial charge in [0.15, 0.2) is 0 Å². The van der Waals surface area contributed by atoms with E-state index in [-0.39, 0.29) is 30.3 Å². The number of nitrogens with one attached hydrogen (secondary N) is 2. The molecule has 2 rings (SSSR count). The normalized spacial score (nSPS) is 18.0. The molecule has 1 aliphatic carbocycles. The number of carbonyl (C=O) groups excluding carboxylic acids is 2. The quantitative estimate of drug-likeness (QED) is 0.768. The lowest BCUT2D eigenvalue weighted by atomic mass is 10.1. The molecule has 1 aromatic carbocycles. The maximum Gasteiger partial charge on any atom is 0.239 e. The van der Waals surface area contributed by atoms with E-state index in [0.717, 1.165) is 18.4 Å². The van der Waals surface area contributed by atoms with Crippen molar-refractivity contribution in [2.75, 3.05) is 6.54 Å². The molecular formula is C16H22ClN3O2. The van der Waals surface area contributed by atoms with Gasteiger partial charge in [0.1, 0.15) is 0 Å². The Balaban J connectivity index is 1.86. The predicted molar refractivity (Wildman–Crippen MR) is 86.5 cm³/mol. The van der Waals surface area contributed by atoms with Crippen LogP contribution in [0, 0.1) is 5.92 Å². The summed E-state index contributed by atoms with van der Waals surface area (Å²) < 4.78 is 0. The van der Waals surface area contributed by atoms with Gasteiger partial charge in [-0.25, -0.2) is 0 Å². The summed E-state index contributed by atoms with van der Waals surface area (Å²) in [4.78, 5) is 23.7. The van der Waals surface area contributed by atoms with Crippen molar-refractivity contribution in [3.8, 4) is 0 Å². The first kappa shape index (κ1) is 16.8. The molecule has 4 N–H and O–H groups in total. The first-order valence-electron chi connectivity index (χ1n) is 7.49. The molecule has 5 nitrogen and oxygen atoms in total. The number of amides is 2. The molecule has 0 heterocycles. The number of aryl methyl sites for hydroxylation is 1. The van der Waals surface area contributed by atoms with Crippen molar-refractivity contribution >= 4 is 23.4 Å². The molecule has 1 unspecified atom stereocenters. The van der Waals surface area contributed by atoms with Crippen molar-refractivity contribution < 1.29 is 9.59 Å². The molecule has 22 heavy (non-hydrogen) atoms. The van der Waals surface area contributed by atoms with E-state index >= 15 is 0 Å². The van der Waals surface area contributed by atoms with Gasteiger partial charge < -0.3 is 16.4 Å². The predicted octanol–water partition coefficient (Wildman–Crippen LogP) is 1.54. The molecule has 0 fully saturated rings. The summed E-state index contributed by atoms with van der Waals surface area (Å²) in [6, 6.07) is 5.10. The monoisotopic (exact) mass is 323 g/mol. The number of rotatable bonds is 5. The van der Waals surface area contributed by atoms with E-state index in [1.165, 1.54) is 5.56 Å². The SMILES string of the molecule is CC(C)[C@H](N)C(=O)NCC(=O)NC1CCc2cc(Cl)ccc21. The highest BCUT2D eigenvalue weighted by atomic mass is 35.5. The number of halogens is 1. The minimum Gasteiger partial charge on any atom is -0.348 e. The summed E-state index contributed by atoms with van der Waals surface area (Å²) in [5, 5.41) is 6.22. The molecule has 120 valence electrons. The first-order valence-corrected chi connectivity index (χ1v) is 7.87. The fourth-order valence-corrected chi connectivity index (χ4v) is 2.76. The first-order chi connectivity index (χ1) is 10.4. The van der Waals surface area contributed by atoms with Gasteiger partial charge in [-0.05, 0) is 42.0 Å². The molecule has 1 aromatic rings. The zero-order valence-corrected chi connectivity index (χ0v) is 13.6. The largest absolute Gasteiger partial charge is 0.348 e. The van der Waals surface area contributed by atoms with Crippen LogP contribution in [0.3, 0.4) is 0 Å². The smallest absolute Gasteiger partial charge is 0.239 e. The fraction of sp³-hybridized carbons (Fsp3) is 0.500. The van der Waals surface area contributed by atoms with Crippen LogP contribution in [0.5, 0.6) is 0 Å². The summed E-state index contributed by atoms with van der Waals surface area (Å²) in [6.45, 7) is 3.68. The molecule has 0 spiro atoms. The summed E-state index contributed by atoms with van der Waals surface area (Å²) in [5.41, 5.74) is 8.00. The van der Waals surface area contributed by atoms with E-state index in [1.807, 2.05) is 32.0 Å². The second kappa shape index (κ2) is 7.11. The molecule has 0 saturated heterocycles. The Labute approximate surface area is 135 Å². The Morgan fingerprint density at radius 3 is 2.82 bits per heavy atom. The molecule has 0 radical (unpaired) electrons. The van der Waals surface area contributed by atoms with Gasteiger partial charge in [-0.15, -0.1) is 0 Å². The summed E-state index contributed by atoms with van der Waals surface area (Å²) in [7, 11) is 0. The van der Waals surface area contributed by atoms with E-state index in [1.54, 1.807) is 0 Å². The van der Waals surface area contributed by atoms with Crippen LogP contribution >= 0.6 is 11.6 Å². The molecule has 0 aliphatic heterocycles. The molecule has 0 bridgehead atoms. The minimum absolute atomic E-state index is 0.0181. The van der Waals surface area contributed by atoms with Crippen molar-refractivity contribution in [2.45, 2.75) is 38.8 Å². The van der Waals surface area contributed by atoms with Gasteiger partial charge >= 0.3 is 0 Å². The van der Waals surface area contributed by atoms with Gasteiger partial charge in [0.05, 0.1) is 18.6 Å². The van der Waals surface area contributed by atoms with E-state index in [0.29, 0.717) is 5.02 Å². The Morgan fingerprint density at radius 1 is 1.41 bits per heavy atom. The van der Waals surface area contributed by atoms with E-state index in [4.69, 9.17) is 17.3 Å². The van der Waals surface area contributed by atoms with Gasteiger partial charge in [-0.1, -0.05) is 31.5 Å². The second-order valence-electron chi connectivity index (χ2n) is 5.99. The summed E-state index contributed by atoms with van der Waals surface area (Å²) in [6.07, 6.45) is 1.74. The second-order valence-corrected chi connectivity index (χ2v) is 6.43. The van der Waals surface area contributed by atoms with E-state index in [2.05, 4.69) is 10.6 Å². The van der Waals surface area contributed by atoms with Crippen LogP contribution in [0.2, 0.25) is 5.02 Å². The molecule has 2 atom stereocenters. The Bertz CT molecular complexity index is 575. The third-order valence-corrected chi connectivity index (χ3v) is 4.20. The Kier molecular flexibility index (Phi) is 5.42. The highest BCUT2D eigenvalue weighted by Gasteiger charge is 2.24. The fourth-order valence-electron chi connectivity index (χ4n) is 2.57. The lowest BCUT2D eigenvalue weighted by Gasteiger charge is -2.17. The van der Waals surface area contributed by atoms with Crippen LogP contribution in [0.25, 0.3) is 0 Å². The van der Waals surface area contributed by atoms with Crippen LogP contribution in [0.1, 0.15) is 37.4 Å². The van der Waals surface area contributed by atoms with Gasteiger partial charge in [0.25, 0.3) is 0 Å². The van der Waals surface area contributed by atoms with Gasteiger partial charge in [-0.2, -0.15) is 0 Å². The average molecular weight is 324 g/mol. The van der Waals surface area contributed by atoms with Crippen molar-refractivity contribution in [1.29, 1.82) is 0 Å². The third kappa shape index (κ3) is 3.99. The van der Waals surface area contributed by atoms with E-state index < -0.39 is 6.04 Å².